The number of aromatic amines is 1. The summed E-state index contributed by atoms with van der Waals surface area (Å²) in [6.45, 7) is 1.03. The molecule has 1 aliphatic heterocycles. The predicted octanol–water partition coefficient (Wildman–Crippen LogP) is 1.92. The van der Waals surface area contributed by atoms with Gasteiger partial charge < -0.3 is 15.0 Å². The summed E-state index contributed by atoms with van der Waals surface area (Å²) in [5.74, 6) is -0.174. The van der Waals surface area contributed by atoms with Crippen LogP contribution in [0.2, 0.25) is 10.2 Å². The summed E-state index contributed by atoms with van der Waals surface area (Å²) in [5, 5.41) is 10.1. The maximum atomic E-state index is 12.0. The van der Waals surface area contributed by atoms with E-state index in [1.54, 1.807) is 4.90 Å². The Kier molecular flexibility index (Phi) is 3.42. The van der Waals surface area contributed by atoms with Gasteiger partial charge in [-0.3, -0.25) is 4.79 Å². The van der Waals surface area contributed by atoms with E-state index in [0.29, 0.717) is 23.8 Å². The minimum Gasteiger partial charge on any atom is -0.391 e. The maximum absolute atomic E-state index is 12.0. The molecule has 2 heterocycles. The van der Waals surface area contributed by atoms with Gasteiger partial charge in [-0.25, -0.2) is 0 Å². The summed E-state index contributed by atoms with van der Waals surface area (Å²) in [7, 11) is 0. The Morgan fingerprint density at radius 3 is 2.88 bits per heavy atom. The van der Waals surface area contributed by atoms with Crippen molar-refractivity contribution < 1.29 is 9.90 Å². The monoisotopic (exact) mass is 262 g/mol. The Hall–Kier alpha value is -0.710. The number of carbonyl (C=O) groups is 1. The third-order valence-corrected chi connectivity index (χ3v) is 3.33. The number of hydrogen-bond donors (Lipinski definition) is 2. The average Bonchev–Trinajstić information content (AvgIpc) is 2.58. The minimum atomic E-state index is -0.432. The SMILES string of the molecule is O=C(c1cc(Cl)c(Cl)[nH]1)N1CCC[C@H](O)C1. The van der Waals surface area contributed by atoms with Crippen LogP contribution in [-0.4, -0.2) is 40.1 Å². The zero-order valence-corrected chi connectivity index (χ0v) is 10.1. The molecule has 0 aromatic carbocycles. The summed E-state index contributed by atoms with van der Waals surface area (Å²) in [5.41, 5.74) is 0.365. The van der Waals surface area contributed by atoms with Gasteiger partial charge in [-0.05, 0) is 18.9 Å². The molecule has 1 fully saturated rings. The van der Waals surface area contributed by atoms with Crippen molar-refractivity contribution in [3.8, 4) is 0 Å². The number of β-amino-alcohol motifs (C(OH)–C–C–N with tert-alkyl or cyclic N) is 1. The standard InChI is InChI=1S/C10H12Cl2N2O2/c11-7-4-8(13-9(7)12)10(16)14-3-1-2-6(15)5-14/h4,6,13,15H,1-3,5H2/t6-/m0/s1. The number of aliphatic hydroxyl groups excluding tert-OH is 1. The van der Waals surface area contributed by atoms with Gasteiger partial charge in [-0.1, -0.05) is 23.2 Å². The fourth-order valence-electron chi connectivity index (χ4n) is 1.83. The zero-order chi connectivity index (χ0) is 11.7. The molecule has 0 unspecified atom stereocenters. The first kappa shape index (κ1) is 11.8. The lowest BCUT2D eigenvalue weighted by molar-refractivity contribution is 0.0469. The number of rotatable bonds is 1. The van der Waals surface area contributed by atoms with Crippen LogP contribution in [0.4, 0.5) is 0 Å². The van der Waals surface area contributed by atoms with Crippen LogP contribution >= 0.6 is 23.2 Å². The van der Waals surface area contributed by atoms with E-state index in [9.17, 15) is 9.90 Å². The molecular formula is C10H12Cl2N2O2. The highest BCUT2D eigenvalue weighted by Crippen LogP contribution is 2.23. The Labute approximate surface area is 103 Å². The molecule has 2 rings (SSSR count). The van der Waals surface area contributed by atoms with Crippen LogP contribution in [-0.2, 0) is 0 Å². The van der Waals surface area contributed by atoms with Crippen molar-refractivity contribution in [2.45, 2.75) is 18.9 Å². The molecule has 1 saturated heterocycles. The van der Waals surface area contributed by atoms with E-state index in [4.69, 9.17) is 23.2 Å². The van der Waals surface area contributed by atoms with Crippen molar-refractivity contribution in [3.05, 3.63) is 21.9 Å². The van der Waals surface area contributed by atoms with Crippen molar-refractivity contribution in [2.24, 2.45) is 0 Å². The number of H-pyrrole nitrogens is 1. The Morgan fingerprint density at radius 1 is 1.56 bits per heavy atom. The maximum Gasteiger partial charge on any atom is 0.270 e. The van der Waals surface area contributed by atoms with Gasteiger partial charge >= 0.3 is 0 Å². The van der Waals surface area contributed by atoms with Gasteiger partial charge in [0, 0.05) is 13.1 Å². The second kappa shape index (κ2) is 4.65. The quantitative estimate of drug-likeness (QED) is 0.813. The van der Waals surface area contributed by atoms with Crippen molar-refractivity contribution in [1.29, 1.82) is 0 Å². The Morgan fingerprint density at radius 2 is 2.31 bits per heavy atom. The summed E-state index contributed by atoms with van der Waals surface area (Å²) in [6, 6.07) is 1.51. The van der Waals surface area contributed by atoms with E-state index in [0.717, 1.165) is 12.8 Å². The van der Waals surface area contributed by atoms with E-state index in [1.165, 1.54) is 6.07 Å². The van der Waals surface area contributed by atoms with Gasteiger partial charge in [-0.2, -0.15) is 0 Å². The van der Waals surface area contributed by atoms with Gasteiger partial charge in [0.25, 0.3) is 5.91 Å². The molecule has 1 aromatic heterocycles. The van der Waals surface area contributed by atoms with Gasteiger partial charge in [0.2, 0.25) is 0 Å². The zero-order valence-electron chi connectivity index (χ0n) is 8.54. The molecule has 2 N–H and O–H groups in total. The van der Waals surface area contributed by atoms with Crippen LogP contribution in [0.1, 0.15) is 23.3 Å². The average molecular weight is 263 g/mol. The van der Waals surface area contributed by atoms with Crippen molar-refractivity contribution >= 4 is 29.1 Å². The number of halogens is 2. The van der Waals surface area contributed by atoms with E-state index in [2.05, 4.69) is 4.98 Å². The molecule has 88 valence electrons. The fraction of sp³-hybridized carbons (Fsp3) is 0.500. The highest BCUT2D eigenvalue weighted by molar-refractivity contribution is 6.41. The minimum absolute atomic E-state index is 0.174. The topological polar surface area (TPSA) is 56.3 Å². The predicted molar refractivity (Wildman–Crippen MR) is 62.0 cm³/mol. The van der Waals surface area contributed by atoms with E-state index < -0.39 is 6.10 Å². The molecular weight excluding hydrogens is 251 g/mol. The smallest absolute Gasteiger partial charge is 0.270 e. The number of nitrogens with one attached hydrogen (secondary N) is 1. The van der Waals surface area contributed by atoms with Gasteiger partial charge in [0.15, 0.2) is 0 Å². The number of carbonyl (C=O) groups excluding carboxylic acids is 1. The summed E-state index contributed by atoms with van der Waals surface area (Å²) in [6.07, 6.45) is 1.13. The molecule has 1 atom stereocenters. The summed E-state index contributed by atoms with van der Waals surface area (Å²) in [4.78, 5) is 16.3. The van der Waals surface area contributed by atoms with Crippen LogP contribution in [0.5, 0.6) is 0 Å². The first-order valence-electron chi connectivity index (χ1n) is 5.09. The number of hydrogen-bond acceptors (Lipinski definition) is 2. The van der Waals surface area contributed by atoms with Crippen LogP contribution in [0.3, 0.4) is 0 Å². The molecule has 6 heteroatoms. The van der Waals surface area contributed by atoms with Crippen LogP contribution in [0.15, 0.2) is 6.07 Å². The second-order valence-corrected chi connectivity index (χ2v) is 4.68. The van der Waals surface area contributed by atoms with Gasteiger partial charge in [0.05, 0.1) is 11.1 Å². The van der Waals surface area contributed by atoms with E-state index in [-0.39, 0.29) is 11.1 Å². The largest absolute Gasteiger partial charge is 0.391 e. The van der Waals surface area contributed by atoms with Gasteiger partial charge in [0.1, 0.15) is 10.8 Å². The van der Waals surface area contributed by atoms with Crippen molar-refractivity contribution in [1.82, 2.24) is 9.88 Å². The Balaban J connectivity index is 2.12. The lowest BCUT2D eigenvalue weighted by atomic mass is 10.1. The van der Waals surface area contributed by atoms with Crippen molar-refractivity contribution in [2.75, 3.05) is 13.1 Å². The molecule has 0 spiro atoms. The highest BCUT2D eigenvalue weighted by atomic mass is 35.5. The molecule has 16 heavy (non-hydrogen) atoms. The third-order valence-electron chi connectivity index (χ3n) is 2.64. The van der Waals surface area contributed by atoms with Crippen molar-refractivity contribution in [3.63, 3.8) is 0 Å². The first-order chi connectivity index (χ1) is 7.58. The molecule has 0 saturated carbocycles. The third kappa shape index (κ3) is 2.34. The fourth-order valence-corrected chi connectivity index (χ4v) is 2.14. The molecule has 4 nitrogen and oxygen atoms in total. The second-order valence-electron chi connectivity index (χ2n) is 3.89. The Bertz CT molecular complexity index is 386. The number of piperidine rings is 1. The summed E-state index contributed by atoms with van der Waals surface area (Å²) < 4.78 is 0. The number of likely N-dealkylation sites (tertiary alicyclic amines) is 1. The molecule has 1 aliphatic rings. The number of amides is 1. The van der Waals surface area contributed by atoms with E-state index >= 15 is 0 Å². The normalized spacial score (nSPS) is 21.2. The molecule has 1 aromatic rings. The van der Waals surface area contributed by atoms with E-state index in [1.807, 2.05) is 0 Å². The summed E-state index contributed by atoms with van der Waals surface area (Å²) >= 11 is 11.5. The number of aromatic nitrogens is 1. The van der Waals surface area contributed by atoms with Crippen LogP contribution in [0, 0.1) is 0 Å². The molecule has 0 radical (unpaired) electrons. The van der Waals surface area contributed by atoms with Crippen LogP contribution < -0.4 is 0 Å². The highest BCUT2D eigenvalue weighted by Gasteiger charge is 2.24. The number of nitrogens with zero attached hydrogens (tertiary/aromatic N) is 1. The number of aliphatic hydroxyl groups is 1. The lowest BCUT2D eigenvalue weighted by Gasteiger charge is -2.29. The first-order valence-corrected chi connectivity index (χ1v) is 5.85. The molecule has 0 bridgehead atoms. The molecule has 1 amide bonds. The van der Waals surface area contributed by atoms with Gasteiger partial charge in [-0.15, -0.1) is 0 Å². The lowest BCUT2D eigenvalue weighted by Crippen LogP contribution is -2.42. The van der Waals surface area contributed by atoms with Crippen LogP contribution in [0.25, 0.3) is 0 Å². The molecule has 0 aliphatic carbocycles.